The van der Waals surface area contributed by atoms with E-state index < -0.39 is 0 Å². The molecule has 0 aliphatic carbocycles. The van der Waals surface area contributed by atoms with E-state index in [0.717, 1.165) is 71.9 Å². The molecule has 5 nitrogen and oxygen atoms in total. The quantitative estimate of drug-likeness (QED) is 0.107. The molecule has 1 N–H and O–H groups in total. The highest BCUT2D eigenvalue weighted by Crippen LogP contribution is 2.38. The van der Waals surface area contributed by atoms with Crippen LogP contribution in [0.3, 0.4) is 0 Å². The van der Waals surface area contributed by atoms with Crippen LogP contribution < -0.4 is 0 Å². The van der Waals surface area contributed by atoms with Gasteiger partial charge in [0, 0.05) is 32.8 Å². The van der Waals surface area contributed by atoms with Crippen molar-refractivity contribution in [3.63, 3.8) is 0 Å². The van der Waals surface area contributed by atoms with Gasteiger partial charge in [0.25, 0.3) is 0 Å². The third-order valence-electron chi connectivity index (χ3n) is 9.32. The molecular weight excluding hydrogens is 613 g/mol. The van der Waals surface area contributed by atoms with Crippen LogP contribution in [0.2, 0.25) is 0 Å². The zero-order valence-electron chi connectivity index (χ0n) is 27.2. The van der Waals surface area contributed by atoms with Gasteiger partial charge in [-0.15, -0.1) is 0 Å². The molecule has 9 aromatic rings. The highest BCUT2D eigenvalue weighted by Gasteiger charge is 2.18. The first-order valence-electron chi connectivity index (χ1n) is 16.7. The minimum absolute atomic E-state index is 0.325. The van der Waals surface area contributed by atoms with Crippen molar-refractivity contribution in [2.75, 3.05) is 0 Å². The fraction of sp³-hybridized carbons (Fsp3) is 0.0222. The molecule has 50 heavy (non-hydrogen) atoms. The number of rotatable bonds is 7. The first kappa shape index (κ1) is 29.4. The van der Waals surface area contributed by atoms with Gasteiger partial charge in [-0.1, -0.05) is 127 Å². The molecule has 0 aliphatic rings. The Hall–Kier alpha value is -6.72. The van der Waals surface area contributed by atoms with Crippen LogP contribution in [0.4, 0.5) is 0 Å². The number of furan rings is 1. The largest absolute Gasteiger partial charge is 0.456 e. The van der Waals surface area contributed by atoms with Gasteiger partial charge in [0.05, 0.1) is 23.8 Å². The minimum atomic E-state index is 0.325. The van der Waals surface area contributed by atoms with Gasteiger partial charge in [-0.2, -0.15) is 5.10 Å². The summed E-state index contributed by atoms with van der Waals surface area (Å²) in [5, 5.41) is 20.6. The minimum Gasteiger partial charge on any atom is -0.456 e. The van der Waals surface area contributed by atoms with Gasteiger partial charge in [-0.05, 0) is 64.7 Å². The van der Waals surface area contributed by atoms with Gasteiger partial charge >= 0.3 is 0 Å². The summed E-state index contributed by atoms with van der Waals surface area (Å²) in [6.45, 7) is 0.416. The molecule has 0 spiro atoms. The number of nitrogens with one attached hydrogen (secondary N) is 1. The number of benzene rings is 7. The van der Waals surface area contributed by atoms with Gasteiger partial charge in [0.2, 0.25) is 0 Å². The molecule has 0 radical (unpaired) electrons. The molecule has 0 saturated heterocycles. The summed E-state index contributed by atoms with van der Waals surface area (Å²) < 4.78 is 8.62. The molecule has 9 rings (SSSR count). The maximum atomic E-state index is 9.40. The van der Waals surface area contributed by atoms with Crippen molar-refractivity contribution in [2.24, 2.45) is 5.10 Å². The van der Waals surface area contributed by atoms with Gasteiger partial charge in [0.15, 0.2) is 0 Å². The van der Waals surface area contributed by atoms with Crippen LogP contribution in [0, 0.1) is 5.41 Å². The van der Waals surface area contributed by atoms with Crippen LogP contribution in [0.15, 0.2) is 179 Å². The molecular formula is C45H32N4O. The summed E-state index contributed by atoms with van der Waals surface area (Å²) in [5.74, 6) is 0.325. The Morgan fingerprint density at radius 2 is 1.30 bits per heavy atom. The standard InChI is InChI=1S/C45H32N4O/c46-45(35-19-12-18-34(26-35)33-16-5-2-6-17-33)48(47-29-31-13-3-1-4-14-31)30-32-15-11-20-36(25-32)49-41-23-9-7-21-37(41)39-28-44-40(27-42(39)49)38-22-8-10-24-43(38)50-44/h1-29,46H,30H2/b46-45?,47-29+. The normalized spacial score (nSPS) is 11.7. The first-order valence-corrected chi connectivity index (χ1v) is 16.7. The number of fused-ring (bicyclic) bond motifs is 6. The Morgan fingerprint density at radius 3 is 2.16 bits per heavy atom. The van der Waals surface area contributed by atoms with Crippen LogP contribution >= 0.6 is 0 Å². The zero-order valence-corrected chi connectivity index (χ0v) is 27.2. The third kappa shape index (κ3) is 5.31. The number of para-hydroxylation sites is 2. The van der Waals surface area contributed by atoms with Crippen molar-refractivity contribution in [1.29, 1.82) is 5.41 Å². The predicted octanol–water partition coefficient (Wildman–Crippen LogP) is 11.2. The zero-order chi connectivity index (χ0) is 33.4. The highest BCUT2D eigenvalue weighted by molar-refractivity contribution is 6.17. The van der Waals surface area contributed by atoms with E-state index in [9.17, 15) is 5.41 Å². The topological polar surface area (TPSA) is 57.5 Å². The van der Waals surface area contributed by atoms with Crippen molar-refractivity contribution in [2.45, 2.75) is 6.54 Å². The van der Waals surface area contributed by atoms with Gasteiger partial charge in [-0.3, -0.25) is 5.41 Å². The lowest BCUT2D eigenvalue weighted by Gasteiger charge is -2.21. The average molecular weight is 645 g/mol. The number of hydrogen-bond acceptors (Lipinski definition) is 3. The third-order valence-corrected chi connectivity index (χ3v) is 9.32. The van der Waals surface area contributed by atoms with Crippen LogP contribution in [0.1, 0.15) is 16.7 Å². The van der Waals surface area contributed by atoms with Crippen LogP contribution in [0.5, 0.6) is 0 Å². The van der Waals surface area contributed by atoms with Crippen LogP contribution in [-0.4, -0.2) is 21.6 Å². The first-order chi connectivity index (χ1) is 24.7. The summed E-state index contributed by atoms with van der Waals surface area (Å²) in [7, 11) is 0. The van der Waals surface area contributed by atoms with E-state index in [1.165, 1.54) is 5.39 Å². The highest BCUT2D eigenvalue weighted by atomic mass is 16.3. The number of amidine groups is 1. The average Bonchev–Trinajstić information content (AvgIpc) is 3.71. The fourth-order valence-corrected chi connectivity index (χ4v) is 6.91. The Labute approximate surface area is 289 Å². The lowest BCUT2D eigenvalue weighted by Crippen LogP contribution is -2.26. The molecule has 2 aromatic heterocycles. The molecule has 0 saturated carbocycles. The van der Waals surface area contributed by atoms with Crippen molar-refractivity contribution < 1.29 is 4.42 Å². The van der Waals surface area contributed by atoms with E-state index in [1.807, 2.05) is 79.0 Å². The molecule has 0 unspecified atom stereocenters. The maximum Gasteiger partial charge on any atom is 0.148 e. The Balaban J connectivity index is 1.13. The van der Waals surface area contributed by atoms with Crippen molar-refractivity contribution in [3.05, 3.63) is 187 Å². The summed E-state index contributed by atoms with van der Waals surface area (Å²) in [6, 6.07) is 58.2. The van der Waals surface area contributed by atoms with Gasteiger partial charge < -0.3 is 8.98 Å². The molecule has 5 heteroatoms. The van der Waals surface area contributed by atoms with E-state index in [0.29, 0.717) is 12.4 Å². The van der Waals surface area contributed by atoms with E-state index >= 15 is 0 Å². The molecule has 0 bridgehead atoms. The maximum absolute atomic E-state index is 9.40. The molecule has 0 fully saturated rings. The monoisotopic (exact) mass is 644 g/mol. The lowest BCUT2D eigenvalue weighted by atomic mass is 10.0. The van der Waals surface area contributed by atoms with E-state index in [-0.39, 0.29) is 0 Å². The molecule has 2 heterocycles. The second kappa shape index (κ2) is 12.4. The molecule has 238 valence electrons. The van der Waals surface area contributed by atoms with Crippen LogP contribution in [-0.2, 0) is 6.54 Å². The number of aromatic nitrogens is 1. The molecule has 0 aliphatic heterocycles. The molecule has 7 aromatic carbocycles. The SMILES string of the molecule is N=C(c1cccc(-c2ccccc2)c1)N(Cc1cccc(-n2c3ccccc3c3cc4oc5ccccc5c4cc32)c1)/N=C/c1ccccc1. The second-order valence-electron chi connectivity index (χ2n) is 12.5. The number of hydrogen-bond donors (Lipinski definition) is 1. The van der Waals surface area contributed by atoms with Crippen molar-refractivity contribution in [3.8, 4) is 16.8 Å². The van der Waals surface area contributed by atoms with E-state index in [4.69, 9.17) is 9.52 Å². The van der Waals surface area contributed by atoms with Crippen molar-refractivity contribution >= 4 is 55.8 Å². The lowest BCUT2D eigenvalue weighted by molar-refractivity contribution is 0.439. The Bertz CT molecular complexity index is 2700. The van der Waals surface area contributed by atoms with Crippen LogP contribution in [0.25, 0.3) is 60.6 Å². The Morgan fingerprint density at radius 1 is 0.580 bits per heavy atom. The van der Waals surface area contributed by atoms with Gasteiger partial charge in [-0.25, -0.2) is 5.01 Å². The van der Waals surface area contributed by atoms with E-state index in [2.05, 4.69) is 102 Å². The summed E-state index contributed by atoms with van der Waals surface area (Å²) in [5.41, 5.74) is 10.1. The van der Waals surface area contributed by atoms with Crippen molar-refractivity contribution in [1.82, 2.24) is 9.58 Å². The Kier molecular flexibility index (Phi) is 7.29. The predicted molar refractivity (Wildman–Crippen MR) is 206 cm³/mol. The second-order valence-corrected chi connectivity index (χ2v) is 12.5. The van der Waals surface area contributed by atoms with Gasteiger partial charge in [0.1, 0.15) is 17.0 Å². The smallest absolute Gasteiger partial charge is 0.148 e. The molecule has 0 atom stereocenters. The summed E-state index contributed by atoms with van der Waals surface area (Å²) >= 11 is 0. The summed E-state index contributed by atoms with van der Waals surface area (Å²) in [6.07, 6.45) is 1.83. The number of nitrogens with zero attached hydrogens (tertiary/aromatic N) is 3. The van der Waals surface area contributed by atoms with E-state index in [1.54, 1.807) is 5.01 Å². The fourth-order valence-electron chi connectivity index (χ4n) is 6.91. The summed E-state index contributed by atoms with van der Waals surface area (Å²) in [4.78, 5) is 0. The molecule has 0 amide bonds. The number of hydrazone groups is 1.